The number of aromatic nitrogens is 2. The molecule has 0 amide bonds. The van der Waals surface area contributed by atoms with Gasteiger partial charge in [0.25, 0.3) is 0 Å². The molecule has 0 spiro atoms. The minimum Gasteiger partial charge on any atom is -0.463 e. The molecule has 2 heterocycles. The molecule has 4 rings (SSSR count). The number of anilines is 1. The topological polar surface area (TPSA) is 115 Å². The summed E-state index contributed by atoms with van der Waals surface area (Å²) in [6, 6.07) is 0.516. The molecule has 0 saturated heterocycles. The molecule has 1 aliphatic heterocycles. The third-order valence-corrected chi connectivity index (χ3v) is 5.49. The van der Waals surface area contributed by atoms with Gasteiger partial charge in [0.1, 0.15) is 23.9 Å². The van der Waals surface area contributed by atoms with E-state index in [1.807, 2.05) is 12.4 Å². The zero-order valence-corrected chi connectivity index (χ0v) is 16.1. The summed E-state index contributed by atoms with van der Waals surface area (Å²) >= 11 is 0. The van der Waals surface area contributed by atoms with Gasteiger partial charge in [-0.2, -0.15) is 0 Å². The van der Waals surface area contributed by atoms with Gasteiger partial charge >= 0.3 is 5.97 Å². The van der Waals surface area contributed by atoms with Gasteiger partial charge in [0.2, 0.25) is 0 Å². The second kappa shape index (κ2) is 7.79. The van der Waals surface area contributed by atoms with Crippen molar-refractivity contribution in [1.29, 1.82) is 0 Å². The molecule has 3 aliphatic rings. The molecule has 0 unspecified atom stereocenters. The highest BCUT2D eigenvalue weighted by Crippen LogP contribution is 2.35. The third-order valence-electron chi connectivity index (χ3n) is 5.49. The van der Waals surface area contributed by atoms with Gasteiger partial charge in [-0.05, 0) is 31.3 Å². The minimum absolute atomic E-state index is 0.0970. The second-order valence-electron chi connectivity index (χ2n) is 7.62. The smallest absolute Gasteiger partial charge is 0.331 e. The first-order chi connectivity index (χ1) is 13.6. The Balaban J connectivity index is 1.57. The molecular formula is C20H27N5O3. The number of hydrogen-bond donors (Lipinski definition) is 3. The van der Waals surface area contributed by atoms with Crippen LogP contribution in [-0.4, -0.2) is 45.6 Å². The van der Waals surface area contributed by atoms with Crippen molar-refractivity contribution in [3.05, 3.63) is 35.6 Å². The molecule has 2 atom stereocenters. The Morgan fingerprint density at radius 2 is 2.29 bits per heavy atom. The monoisotopic (exact) mass is 385 g/mol. The number of aliphatic imine (C=N–C) groups is 1. The lowest BCUT2D eigenvalue weighted by Gasteiger charge is -2.18. The summed E-state index contributed by atoms with van der Waals surface area (Å²) in [6.07, 6.45) is 10.7. The highest BCUT2D eigenvalue weighted by atomic mass is 16.5. The average Bonchev–Trinajstić information content (AvgIpc) is 3.26. The highest BCUT2D eigenvalue weighted by molar-refractivity contribution is 6.05. The SMILES string of the molecule is CCC1=C(N)Nc2c(ncn2[C@H]2C=C[C@@H](COC(=O)CO)C2)C(=NC2CC2)C1. The van der Waals surface area contributed by atoms with Crippen molar-refractivity contribution in [2.75, 3.05) is 18.5 Å². The maximum absolute atomic E-state index is 11.2. The minimum atomic E-state index is -0.596. The van der Waals surface area contributed by atoms with E-state index < -0.39 is 12.6 Å². The van der Waals surface area contributed by atoms with Gasteiger partial charge in [-0.3, -0.25) is 4.99 Å². The number of esters is 1. The average molecular weight is 385 g/mol. The number of carbonyl (C=O) groups excluding carboxylic acids is 1. The van der Waals surface area contributed by atoms with Gasteiger partial charge in [-0.1, -0.05) is 19.1 Å². The number of hydrogen-bond acceptors (Lipinski definition) is 7. The number of fused-ring (bicyclic) bond motifs is 1. The molecule has 1 aromatic heterocycles. The zero-order chi connectivity index (χ0) is 19.7. The lowest BCUT2D eigenvalue weighted by atomic mass is 10.1. The number of imidazole rings is 1. The van der Waals surface area contributed by atoms with E-state index in [0.717, 1.165) is 54.9 Å². The maximum atomic E-state index is 11.2. The van der Waals surface area contributed by atoms with Crippen LogP contribution in [0.4, 0.5) is 5.82 Å². The van der Waals surface area contributed by atoms with Crippen molar-refractivity contribution in [2.24, 2.45) is 16.6 Å². The molecule has 8 nitrogen and oxygen atoms in total. The van der Waals surface area contributed by atoms with Crippen LogP contribution in [0.15, 0.2) is 34.9 Å². The standard InChI is InChI=1S/C20H27N5O3/c1-2-13-8-16(23-14-4-5-14)18-20(24-19(13)21)25(11-22-18)15-6-3-12(7-15)10-28-17(27)9-26/h3,6,11-12,14-15,24,26H,2,4-5,7-10,21H2,1H3/t12-,15+/m1/s1. The Labute approximate surface area is 164 Å². The van der Waals surface area contributed by atoms with E-state index in [4.69, 9.17) is 20.6 Å². The van der Waals surface area contributed by atoms with Crippen LogP contribution in [-0.2, 0) is 9.53 Å². The van der Waals surface area contributed by atoms with Gasteiger partial charge in [0.15, 0.2) is 0 Å². The van der Waals surface area contributed by atoms with E-state index >= 15 is 0 Å². The van der Waals surface area contributed by atoms with E-state index in [2.05, 4.69) is 27.9 Å². The number of aliphatic hydroxyl groups excluding tert-OH is 1. The van der Waals surface area contributed by atoms with Crippen molar-refractivity contribution < 1.29 is 14.6 Å². The lowest BCUT2D eigenvalue weighted by Crippen LogP contribution is -2.17. The van der Waals surface area contributed by atoms with Gasteiger partial charge in [0, 0.05) is 12.3 Å². The summed E-state index contributed by atoms with van der Waals surface area (Å²) in [7, 11) is 0. The van der Waals surface area contributed by atoms with Gasteiger partial charge < -0.3 is 25.5 Å². The third kappa shape index (κ3) is 3.82. The van der Waals surface area contributed by atoms with Crippen LogP contribution < -0.4 is 11.1 Å². The van der Waals surface area contributed by atoms with Crippen LogP contribution in [0.5, 0.6) is 0 Å². The van der Waals surface area contributed by atoms with Gasteiger partial charge in [-0.25, -0.2) is 9.78 Å². The molecule has 0 aromatic carbocycles. The Morgan fingerprint density at radius 3 is 3.00 bits per heavy atom. The van der Waals surface area contributed by atoms with Crippen LogP contribution in [0.2, 0.25) is 0 Å². The fourth-order valence-electron chi connectivity index (χ4n) is 3.72. The molecule has 1 aromatic rings. The van der Waals surface area contributed by atoms with Gasteiger partial charge in [-0.15, -0.1) is 0 Å². The Hall–Kier alpha value is -2.61. The lowest BCUT2D eigenvalue weighted by molar-refractivity contribution is -0.147. The van der Waals surface area contributed by atoms with Crippen molar-refractivity contribution in [1.82, 2.24) is 9.55 Å². The first-order valence-electron chi connectivity index (χ1n) is 9.92. The van der Waals surface area contributed by atoms with E-state index in [-0.39, 0.29) is 18.6 Å². The molecular weight excluding hydrogens is 358 g/mol. The van der Waals surface area contributed by atoms with E-state index in [0.29, 0.717) is 11.9 Å². The summed E-state index contributed by atoms with van der Waals surface area (Å²) in [6.45, 7) is 1.79. The molecule has 1 saturated carbocycles. The second-order valence-corrected chi connectivity index (χ2v) is 7.62. The van der Waals surface area contributed by atoms with E-state index in [1.165, 1.54) is 0 Å². The van der Waals surface area contributed by atoms with E-state index in [1.54, 1.807) is 0 Å². The van der Waals surface area contributed by atoms with Crippen molar-refractivity contribution >= 4 is 17.5 Å². The molecule has 4 N–H and O–H groups in total. The number of rotatable bonds is 6. The van der Waals surface area contributed by atoms with Crippen LogP contribution in [0.25, 0.3) is 0 Å². The summed E-state index contributed by atoms with van der Waals surface area (Å²) in [5.74, 6) is 1.08. The molecule has 150 valence electrons. The summed E-state index contributed by atoms with van der Waals surface area (Å²) in [5, 5.41) is 12.2. The summed E-state index contributed by atoms with van der Waals surface area (Å²) < 4.78 is 7.15. The fourth-order valence-corrected chi connectivity index (χ4v) is 3.72. The normalized spacial score (nSPS) is 25.6. The number of allylic oxidation sites excluding steroid dienone is 2. The quantitative estimate of drug-likeness (QED) is 0.509. The van der Waals surface area contributed by atoms with Crippen LogP contribution in [0, 0.1) is 5.92 Å². The number of nitrogens with two attached hydrogens (primary N) is 1. The number of nitrogens with one attached hydrogen (secondary N) is 1. The Morgan fingerprint density at radius 1 is 1.46 bits per heavy atom. The molecule has 0 radical (unpaired) electrons. The van der Waals surface area contributed by atoms with Crippen molar-refractivity contribution in [3.8, 4) is 0 Å². The van der Waals surface area contributed by atoms with Gasteiger partial charge in [0.05, 0.1) is 30.7 Å². The highest BCUT2D eigenvalue weighted by Gasteiger charge is 2.30. The first-order valence-corrected chi connectivity index (χ1v) is 9.92. The van der Waals surface area contributed by atoms with Crippen molar-refractivity contribution in [3.63, 3.8) is 0 Å². The zero-order valence-electron chi connectivity index (χ0n) is 16.1. The molecule has 0 bridgehead atoms. The molecule has 28 heavy (non-hydrogen) atoms. The number of ether oxygens (including phenoxy) is 1. The summed E-state index contributed by atoms with van der Waals surface area (Å²) in [4.78, 5) is 20.8. The number of carbonyl (C=O) groups is 1. The first kappa shape index (κ1) is 18.7. The molecule has 8 heteroatoms. The van der Waals surface area contributed by atoms with Crippen LogP contribution in [0.3, 0.4) is 0 Å². The van der Waals surface area contributed by atoms with Crippen molar-refractivity contribution in [2.45, 2.75) is 51.1 Å². The predicted octanol–water partition coefficient (Wildman–Crippen LogP) is 1.88. The molecule has 2 aliphatic carbocycles. The molecule has 1 fully saturated rings. The number of aliphatic hydroxyl groups is 1. The Bertz CT molecular complexity index is 850. The van der Waals surface area contributed by atoms with Crippen LogP contribution >= 0.6 is 0 Å². The summed E-state index contributed by atoms with van der Waals surface area (Å²) in [5.41, 5.74) is 9.38. The fraction of sp³-hybridized carbons (Fsp3) is 0.550. The largest absolute Gasteiger partial charge is 0.463 e. The Kier molecular flexibility index (Phi) is 5.21. The maximum Gasteiger partial charge on any atom is 0.331 e. The van der Waals surface area contributed by atoms with E-state index in [9.17, 15) is 4.79 Å². The predicted molar refractivity (Wildman–Crippen MR) is 106 cm³/mol. The number of nitrogens with zero attached hydrogens (tertiary/aromatic N) is 3. The van der Waals surface area contributed by atoms with Crippen LogP contribution in [0.1, 0.15) is 50.8 Å².